The van der Waals surface area contributed by atoms with Crippen LogP contribution in [0.4, 0.5) is 4.39 Å². The molecule has 2 atom stereocenters. The zero-order valence-corrected chi connectivity index (χ0v) is 25.7. The van der Waals surface area contributed by atoms with E-state index in [2.05, 4.69) is 4.98 Å². The van der Waals surface area contributed by atoms with Gasteiger partial charge in [-0.2, -0.15) is 4.31 Å². The summed E-state index contributed by atoms with van der Waals surface area (Å²) in [5.41, 5.74) is 7.02. The molecule has 12 heteroatoms. The first-order valence-corrected chi connectivity index (χ1v) is 15.3. The first kappa shape index (κ1) is 32.1. The first-order chi connectivity index (χ1) is 20.2. The van der Waals surface area contributed by atoms with Crippen molar-refractivity contribution < 1.29 is 31.9 Å². The zero-order chi connectivity index (χ0) is 31.5. The molecule has 0 spiro atoms. The molecule has 2 heterocycles. The fourth-order valence-corrected chi connectivity index (χ4v) is 6.36. The van der Waals surface area contributed by atoms with Gasteiger partial charge in [-0.3, -0.25) is 14.6 Å². The number of amides is 1. The van der Waals surface area contributed by atoms with Crippen LogP contribution in [-0.2, 0) is 36.4 Å². The van der Waals surface area contributed by atoms with E-state index in [9.17, 15) is 22.4 Å². The summed E-state index contributed by atoms with van der Waals surface area (Å²) in [7, 11) is -0.813. The number of nitrogens with two attached hydrogens (primary N) is 1. The highest BCUT2D eigenvalue weighted by molar-refractivity contribution is 7.89. The number of benzene rings is 2. The summed E-state index contributed by atoms with van der Waals surface area (Å²) in [4.78, 5) is 30.8. The molecule has 0 bridgehead atoms. The van der Waals surface area contributed by atoms with E-state index >= 15 is 0 Å². The van der Waals surface area contributed by atoms with E-state index in [1.807, 2.05) is 6.92 Å². The van der Waals surface area contributed by atoms with Crippen LogP contribution >= 0.6 is 0 Å². The average Bonchev–Trinajstić information content (AvgIpc) is 2.94. The molecule has 1 saturated heterocycles. The summed E-state index contributed by atoms with van der Waals surface area (Å²) < 4.78 is 54.0. The number of esters is 1. The summed E-state index contributed by atoms with van der Waals surface area (Å²) in [6.07, 6.45) is 0.590. The molecule has 10 nitrogen and oxygen atoms in total. The molecule has 3 aromatic rings. The lowest BCUT2D eigenvalue weighted by atomic mass is 9.87. The lowest BCUT2D eigenvalue weighted by Crippen LogP contribution is -2.64. The number of hydrogen-bond donors (Lipinski definition) is 1. The van der Waals surface area contributed by atoms with E-state index in [4.69, 9.17) is 15.2 Å². The van der Waals surface area contributed by atoms with Crippen LogP contribution in [0.5, 0.6) is 5.75 Å². The second-order valence-electron chi connectivity index (χ2n) is 11.3. The molecule has 0 aliphatic carbocycles. The Labute approximate surface area is 251 Å². The van der Waals surface area contributed by atoms with Crippen LogP contribution in [0.2, 0.25) is 0 Å². The Hall–Kier alpha value is -3.87. The molecule has 2 aromatic carbocycles. The topological polar surface area (TPSA) is 132 Å². The number of carbonyl (C=O) groups is 2. The Bertz CT molecular complexity index is 1560. The summed E-state index contributed by atoms with van der Waals surface area (Å²) in [6, 6.07) is 14.4. The van der Waals surface area contributed by atoms with Crippen molar-refractivity contribution in [2.45, 2.75) is 49.8 Å². The first-order valence-electron chi connectivity index (χ1n) is 13.9. The highest BCUT2D eigenvalue weighted by atomic mass is 32.2. The van der Waals surface area contributed by atoms with Crippen LogP contribution in [0.1, 0.15) is 30.7 Å². The van der Waals surface area contributed by atoms with Crippen LogP contribution in [0.25, 0.3) is 0 Å². The molecule has 230 valence electrons. The molecule has 1 amide bonds. The van der Waals surface area contributed by atoms with Crippen molar-refractivity contribution in [3.8, 4) is 5.75 Å². The number of carbonyl (C=O) groups excluding carboxylic acids is 2. The number of ether oxygens (including phenoxy) is 2. The van der Waals surface area contributed by atoms with E-state index in [0.29, 0.717) is 16.9 Å². The number of aryl methyl sites for hydroxylation is 1. The minimum atomic E-state index is -3.96. The molecule has 1 aliphatic heterocycles. The van der Waals surface area contributed by atoms with Gasteiger partial charge in [0.25, 0.3) is 5.91 Å². The lowest BCUT2D eigenvalue weighted by molar-refractivity contribution is -0.163. The van der Waals surface area contributed by atoms with Crippen molar-refractivity contribution in [2.24, 2.45) is 11.7 Å². The maximum Gasteiger partial charge on any atom is 0.324 e. The van der Waals surface area contributed by atoms with E-state index in [1.54, 1.807) is 70.5 Å². The molecular formula is C31H37FN4O6S. The third kappa shape index (κ3) is 7.20. The molecule has 43 heavy (non-hydrogen) atoms. The van der Waals surface area contributed by atoms with Crippen LogP contribution in [0.15, 0.2) is 71.8 Å². The van der Waals surface area contributed by atoms with Gasteiger partial charge in [0.2, 0.25) is 10.0 Å². The molecule has 4 rings (SSSR count). The van der Waals surface area contributed by atoms with Crippen molar-refractivity contribution in [3.63, 3.8) is 0 Å². The summed E-state index contributed by atoms with van der Waals surface area (Å²) >= 11 is 0. The Morgan fingerprint density at radius 3 is 2.35 bits per heavy atom. The molecule has 1 fully saturated rings. The predicted octanol–water partition coefficient (Wildman–Crippen LogP) is 3.03. The van der Waals surface area contributed by atoms with E-state index in [1.165, 1.54) is 33.5 Å². The van der Waals surface area contributed by atoms with Crippen molar-refractivity contribution in [1.29, 1.82) is 0 Å². The predicted molar refractivity (Wildman–Crippen MR) is 158 cm³/mol. The quantitative estimate of drug-likeness (QED) is 0.327. The van der Waals surface area contributed by atoms with Gasteiger partial charge in [-0.05, 0) is 66.8 Å². The Morgan fingerprint density at radius 2 is 1.77 bits per heavy atom. The minimum Gasteiger partial charge on any atom is -0.478 e. The average molecular weight is 613 g/mol. The minimum absolute atomic E-state index is 0.00617. The molecule has 1 aliphatic rings. The molecule has 1 unspecified atom stereocenters. The number of aromatic nitrogens is 1. The third-order valence-electron chi connectivity index (χ3n) is 7.26. The summed E-state index contributed by atoms with van der Waals surface area (Å²) in [5, 5.41) is 0. The normalized spacial score (nSPS) is 16.2. The van der Waals surface area contributed by atoms with Gasteiger partial charge in [-0.1, -0.05) is 38.1 Å². The fourth-order valence-electron chi connectivity index (χ4n) is 4.75. The van der Waals surface area contributed by atoms with Crippen LogP contribution in [-0.4, -0.2) is 73.8 Å². The van der Waals surface area contributed by atoms with Crippen molar-refractivity contribution in [2.75, 3.05) is 27.2 Å². The number of nitrogens with zero attached hydrogens (tertiary/aromatic N) is 3. The van der Waals surface area contributed by atoms with Crippen LogP contribution in [0, 0.1) is 18.7 Å². The largest absolute Gasteiger partial charge is 0.478 e. The second-order valence-corrected chi connectivity index (χ2v) is 13.2. The molecular weight excluding hydrogens is 575 g/mol. The molecule has 2 N–H and O–H groups in total. The maximum atomic E-state index is 13.7. The number of sulfonamides is 1. The zero-order valence-electron chi connectivity index (χ0n) is 24.9. The van der Waals surface area contributed by atoms with Crippen LogP contribution < -0.4 is 10.5 Å². The van der Waals surface area contributed by atoms with E-state index in [-0.39, 0.29) is 36.2 Å². The number of pyridine rings is 1. The second kappa shape index (κ2) is 12.8. The number of hydrogen-bond acceptors (Lipinski definition) is 8. The maximum absolute atomic E-state index is 13.7. The highest BCUT2D eigenvalue weighted by Crippen LogP contribution is 2.40. The summed E-state index contributed by atoms with van der Waals surface area (Å²) in [5.74, 6) is -1.32. The van der Waals surface area contributed by atoms with Crippen molar-refractivity contribution in [3.05, 3.63) is 89.5 Å². The number of rotatable bonds is 11. The van der Waals surface area contributed by atoms with Gasteiger partial charge in [0.1, 0.15) is 17.6 Å². The Morgan fingerprint density at radius 1 is 1.09 bits per heavy atom. The standard InChI is InChI=1S/C31H37FN4O6S/c1-20(2)28(29(37)35(4)5)41-30(38)27(33)16-22-7-6-8-26(15-22)43(39,40)36-18-31(19-36,23-10-12-24(32)13-11-23)42-25-14-9-21(3)34-17-25/h6-15,17,20,27-28H,16,18-19,33H2,1-5H3/t27-,28?/m0/s1. The van der Waals surface area contributed by atoms with Gasteiger partial charge in [-0.15, -0.1) is 0 Å². The van der Waals surface area contributed by atoms with Crippen LogP contribution in [0.3, 0.4) is 0 Å². The Kier molecular flexibility index (Phi) is 9.53. The number of likely N-dealkylation sites (N-methyl/N-ethyl adjacent to an activating group) is 1. The fraction of sp³-hybridized carbons (Fsp3) is 0.387. The number of halogens is 1. The van der Waals surface area contributed by atoms with E-state index in [0.717, 1.165) is 5.69 Å². The Balaban J connectivity index is 1.50. The SMILES string of the molecule is Cc1ccc(OC2(c3ccc(F)cc3)CN(S(=O)(=O)c3cccc(C[C@H](N)C(=O)OC(C(=O)N(C)C)C(C)C)c3)C2)cn1. The third-order valence-corrected chi connectivity index (χ3v) is 9.05. The smallest absolute Gasteiger partial charge is 0.324 e. The van der Waals surface area contributed by atoms with Crippen molar-refractivity contribution in [1.82, 2.24) is 14.2 Å². The molecule has 0 radical (unpaired) electrons. The van der Waals surface area contributed by atoms with Crippen molar-refractivity contribution >= 4 is 21.9 Å². The monoisotopic (exact) mass is 612 g/mol. The van der Waals surface area contributed by atoms with E-state index < -0.39 is 39.6 Å². The van der Waals surface area contributed by atoms with Gasteiger partial charge in [0, 0.05) is 19.8 Å². The molecule has 0 saturated carbocycles. The summed E-state index contributed by atoms with van der Waals surface area (Å²) in [6.45, 7) is 5.35. The van der Waals surface area contributed by atoms with Gasteiger partial charge < -0.3 is 20.1 Å². The lowest BCUT2D eigenvalue weighted by Gasteiger charge is -2.48. The highest BCUT2D eigenvalue weighted by Gasteiger charge is 2.52. The van der Waals surface area contributed by atoms with Gasteiger partial charge in [-0.25, -0.2) is 12.8 Å². The van der Waals surface area contributed by atoms with Gasteiger partial charge in [0.05, 0.1) is 24.2 Å². The molecule has 1 aromatic heterocycles. The van der Waals surface area contributed by atoms with Gasteiger partial charge in [0.15, 0.2) is 11.7 Å². The van der Waals surface area contributed by atoms with Gasteiger partial charge >= 0.3 is 5.97 Å².